The number of thiocarbonyl (C=S) groups is 1. The Morgan fingerprint density at radius 2 is 2.06 bits per heavy atom. The molecule has 1 rings (SSSR count). The minimum Gasteiger partial charge on any atom is -0.482 e. The maximum absolute atomic E-state index is 5.35. The van der Waals surface area contributed by atoms with Crippen molar-refractivity contribution in [3.63, 3.8) is 0 Å². The lowest BCUT2D eigenvalue weighted by molar-refractivity contribution is 0.340. The number of ether oxygens (including phenoxy) is 1. The summed E-state index contributed by atoms with van der Waals surface area (Å²) in [5, 5.41) is 0.528. The van der Waals surface area contributed by atoms with E-state index in [0.29, 0.717) is 11.7 Å². The molecule has 1 aromatic rings. The molecule has 0 spiro atoms. The molecule has 0 aliphatic carbocycles. The topological polar surface area (TPSA) is 9.23 Å². The fourth-order valence-electron chi connectivity index (χ4n) is 1.08. The Morgan fingerprint density at radius 3 is 2.69 bits per heavy atom. The Hall–Kier alpha value is -0.800. The van der Waals surface area contributed by atoms with Crippen molar-refractivity contribution in [2.24, 2.45) is 0 Å². The van der Waals surface area contributed by atoms with Gasteiger partial charge in [0.05, 0.1) is 6.61 Å². The van der Waals surface area contributed by atoms with E-state index >= 15 is 0 Å². The van der Waals surface area contributed by atoms with Crippen molar-refractivity contribution in [1.82, 2.24) is 0 Å². The van der Waals surface area contributed by atoms with Crippen LogP contribution in [0.2, 0.25) is 0 Å². The SMILES string of the molecule is C=C(C)C(=S)OCCSCc1ccccc1. The maximum Gasteiger partial charge on any atom is 0.186 e. The second-order valence-corrected chi connectivity index (χ2v) is 4.93. The maximum atomic E-state index is 5.35. The van der Waals surface area contributed by atoms with Crippen molar-refractivity contribution in [3.8, 4) is 0 Å². The van der Waals surface area contributed by atoms with E-state index in [2.05, 4.69) is 30.8 Å². The second-order valence-electron chi connectivity index (χ2n) is 3.45. The van der Waals surface area contributed by atoms with Gasteiger partial charge >= 0.3 is 0 Å². The van der Waals surface area contributed by atoms with Gasteiger partial charge in [0.2, 0.25) is 0 Å². The van der Waals surface area contributed by atoms with Crippen LogP contribution in [0.1, 0.15) is 12.5 Å². The van der Waals surface area contributed by atoms with E-state index in [1.165, 1.54) is 5.56 Å². The molecule has 0 fully saturated rings. The molecule has 0 heterocycles. The standard InChI is InChI=1S/C13H16OS2/c1-11(2)13(15)14-8-9-16-10-12-6-4-3-5-7-12/h3-7H,1,8-10H2,2H3. The van der Waals surface area contributed by atoms with Crippen LogP contribution in [0, 0.1) is 0 Å². The Kier molecular flexibility index (Phi) is 6.19. The highest BCUT2D eigenvalue weighted by atomic mass is 32.2. The minimum atomic E-state index is 0.528. The molecule has 0 atom stereocenters. The molecule has 0 saturated heterocycles. The van der Waals surface area contributed by atoms with Crippen LogP contribution < -0.4 is 0 Å². The van der Waals surface area contributed by atoms with Gasteiger partial charge in [-0.05, 0) is 30.3 Å². The van der Waals surface area contributed by atoms with Crippen LogP contribution in [0.5, 0.6) is 0 Å². The summed E-state index contributed by atoms with van der Waals surface area (Å²) < 4.78 is 5.35. The summed E-state index contributed by atoms with van der Waals surface area (Å²) in [5.74, 6) is 1.96. The molecule has 0 aliphatic rings. The molecular formula is C13H16OS2. The molecule has 86 valence electrons. The van der Waals surface area contributed by atoms with Gasteiger partial charge in [0, 0.05) is 11.5 Å². The lowest BCUT2D eigenvalue weighted by atomic mass is 10.2. The number of hydrogen-bond acceptors (Lipinski definition) is 3. The Bertz CT molecular complexity index is 346. The molecule has 1 nitrogen and oxygen atoms in total. The smallest absolute Gasteiger partial charge is 0.186 e. The van der Waals surface area contributed by atoms with Crippen LogP contribution >= 0.6 is 24.0 Å². The number of rotatable bonds is 6. The third-order valence-electron chi connectivity index (χ3n) is 1.92. The van der Waals surface area contributed by atoms with Gasteiger partial charge in [0.1, 0.15) is 0 Å². The Morgan fingerprint density at radius 1 is 1.38 bits per heavy atom. The molecule has 0 aliphatic heterocycles. The minimum absolute atomic E-state index is 0.528. The normalized spacial score (nSPS) is 9.81. The Balaban J connectivity index is 2.09. The summed E-state index contributed by atoms with van der Waals surface area (Å²) in [6.07, 6.45) is 0. The molecule has 0 amide bonds. The molecule has 1 aromatic carbocycles. The van der Waals surface area contributed by atoms with E-state index in [9.17, 15) is 0 Å². The van der Waals surface area contributed by atoms with Crippen molar-refractivity contribution in [2.75, 3.05) is 12.4 Å². The summed E-state index contributed by atoms with van der Waals surface area (Å²) in [6, 6.07) is 10.4. The molecule has 0 bridgehead atoms. The average Bonchev–Trinajstić information content (AvgIpc) is 2.29. The highest BCUT2D eigenvalue weighted by molar-refractivity contribution is 7.98. The Labute approximate surface area is 107 Å². The predicted octanol–water partition coefficient (Wildman–Crippen LogP) is 3.84. The number of hydrogen-bond donors (Lipinski definition) is 0. The van der Waals surface area contributed by atoms with Gasteiger partial charge in [-0.1, -0.05) is 36.9 Å². The van der Waals surface area contributed by atoms with Gasteiger partial charge in [-0.2, -0.15) is 11.8 Å². The summed E-state index contributed by atoms with van der Waals surface area (Å²) in [4.78, 5) is 0. The molecule has 0 unspecified atom stereocenters. The summed E-state index contributed by atoms with van der Waals surface area (Å²) in [6.45, 7) is 6.25. The van der Waals surface area contributed by atoms with Gasteiger partial charge < -0.3 is 4.74 Å². The van der Waals surface area contributed by atoms with Crippen molar-refractivity contribution in [1.29, 1.82) is 0 Å². The molecule has 0 N–H and O–H groups in total. The first-order valence-electron chi connectivity index (χ1n) is 5.14. The van der Waals surface area contributed by atoms with Crippen molar-refractivity contribution in [3.05, 3.63) is 48.0 Å². The summed E-state index contributed by atoms with van der Waals surface area (Å²) >= 11 is 6.84. The fourth-order valence-corrected chi connectivity index (χ4v) is 1.94. The van der Waals surface area contributed by atoms with E-state index in [1.54, 1.807) is 0 Å². The largest absolute Gasteiger partial charge is 0.482 e. The molecule has 0 saturated carbocycles. The van der Waals surface area contributed by atoms with Crippen LogP contribution in [0.3, 0.4) is 0 Å². The van der Waals surface area contributed by atoms with Crippen LogP contribution in [-0.2, 0) is 10.5 Å². The van der Waals surface area contributed by atoms with E-state index in [-0.39, 0.29) is 0 Å². The molecule has 3 heteroatoms. The van der Waals surface area contributed by atoms with E-state index in [1.807, 2.05) is 24.8 Å². The van der Waals surface area contributed by atoms with Crippen molar-refractivity contribution < 1.29 is 4.74 Å². The zero-order chi connectivity index (χ0) is 11.8. The fraction of sp³-hybridized carbons (Fsp3) is 0.308. The zero-order valence-electron chi connectivity index (χ0n) is 9.44. The predicted molar refractivity (Wildman–Crippen MR) is 76.0 cm³/mol. The van der Waals surface area contributed by atoms with Crippen LogP contribution in [-0.4, -0.2) is 17.4 Å². The van der Waals surface area contributed by atoms with Crippen LogP contribution in [0.4, 0.5) is 0 Å². The van der Waals surface area contributed by atoms with Crippen molar-refractivity contribution in [2.45, 2.75) is 12.7 Å². The quantitative estimate of drug-likeness (QED) is 0.432. The van der Waals surface area contributed by atoms with E-state index in [4.69, 9.17) is 17.0 Å². The van der Waals surface area contributed by atoms with Crippen molar-refractivity contribution >= 4 is 29.0 Å². The average molecular weight is 252 g/mol. The highest BCUT2D eigenvalue weighted by Gasteiger charge is 1.97. The molecule has 0 radical (unpaired) electrons. The van der Waals surface area contributed by atoms with Gasteiger partial charge in [-0.3, -0.25) is 0 Å². The van der Waals surface area contributed by atoms with E-state index < -0.39 is 0 Å². The highest BCUT2D eigenvalue weighted by Crippen LogP contribution is 2.11. The summed E-state index contributed by atoms with van der Waals surface area (Å²) in [7, 11) is 0. The first kappa shape index (κ1) is 13.3. The third kappa shape index (κ3) is 5.33. The molecule has 0 aromatic heterocycles. The van der Waals surface area contributed by atoms with Gasteiger partial charge in [0.15, 0.2) is 5.05 Å². The zero-order valence-corrected chi connectivity index (χ0v) is 11.1. The molecule has 16 heavy (non-hydrogen) atoms. The summed E-state index contributed by atoms with van der Waals surface area (Å²) in [5.41, 5.74) is 2.16. The lowest BCUT2D eigenvalue weighted by Crippen LogP contribution is -2.05. The van der Waals surface area contributed by atoms with Gasteiger partial charge in [0.25, 0.3) is 0 Å². The number of benzene rings is 1. The van der Waals surface area contributed by atoms with Gasteiger partial charge in [-0.25, -0.2) is 0 Å². The third-order valence-corrected chi connectivity index (χ3v) is 3.38. The first-order chi connectivity index (χ1) is 7.70. The van der Waals surface area contributed by atoms with Gasteiger partial charge in [-0.15, -0.1) is 0 Å². The van der Waals surface area contributed by atoms with Crippen LogP contribution in [0.25, 0.3) is 0 Å². The lowest BCUT2D eigenvalue weighted by Gasteiger charge is -2.06. The first-order valence-corrected chi connectivity index (χ1v) is 6.71. The van der Waals surface area contributed by atoms with E-state index in [0.717, 1.165) is 17.1 Å². The molecular weight excluding hydrogens is 236 g/mol. The van der Waals surface area contributed by atoms with Crippen LogP contribution in [0.15, 0.2) is 42.5 Å². The number of thioether (sulfide) groups is 1. The second kappa shape index (κ2) is 7.47. The monoisotopic (exact) mass is 252 g/mol.